The summed E-state index contributed by atoms with van der Waals surface area (Å²) in [6.07, 6.45) is 0.676. The summed E-state index contributed by atoms with van der Waals surface area (Å²) in [5, 5.41) is 2.42. The topological polar surface area (TPSA) is 99.2 Å². The summed E-state index contributed by atoms with van der Waals surface area (Å²) < 4.78 is 18.8. The van der Waals surface area contributed by atoms with Crippen molar-refractivity contribution < 1.29 is 13.9 Å². The van der Waals surface area contributed by atoms with Crippen molar-refractivity contribution in [2.24, 2.45) is 0 Å². The van der Waals surface area contributed by atoms with Crippen molar-refractivity contribution in [3.63, 3.8) is 0 Å². The van der Waals surface area contributed by atoms with E-state index in [1.807, 2.05) is 0 Å². The Balaban J connectivity index is 2.33. The number of para-hydroxylation sites is 2. The van der Waals surface area contributed by atoms with E-state index in [2.05, 4.69) is 10.3 Å². The number of amides is 1. The Morgan fingerprint density at radius 3 is 2.85 bits per heavy atom. The Labute approximate surface area is 112 Å². The van der Waals surface area contributed by atoms with Crippen molar-refractivity contribution in [1.29, 1.82) is 0 Å². The van der Waals surface area contributed by atoms with Gasteiger partial charge in [0.1, 0.15) is 5.75 Å². The predicted octanol–water partition coefficient (Wildman–Crippen LogP) is 1.05. The molecule has 20 heavy (non-hydrogen) atoms. The molecule has 1 aromatic heterocycles. The molecule has 104 valence electrons. The summed E-state index contributed by atoms with van der Waals surface area (Å²) in [7, 11) is 1.43. The summed E-state index contributed by atoms with van der Waals surface area (Å²) in [4.78, 5) is 26.6. The van der Waals surface area contributed by atoms with Crippen LogP contribution in [0.5, 0.6) is 5.75 Å². The van der Waals surface area contributed by atoms with Gasteiger partial charge in [0, 0.05) is 0 Å². The third-order valence-electron chi connectivity index (χ3n) is 2.48. The zero-order valence-electron chi connectivity index (χ0n) is 10.5. The van der Waals surface area contributed by atoms with Gasteiger partial charge in [-0.25, -0.2) is 18.5 Å². The molecule has 2 rings (SSSR count). The molecule has 8 heteroatoms. The maximum absolute atomic E-state index is 13.3. The van der Waals surface area contributed by atoms with Crippen molar-refractivity contribution in [2.45, 2.75) is 0 Å². The summed E-state index contributed by atoms with van der Waals surface area (Å²) >= 11 is 0. The average molecular weight is 278 g/mol. The van der Waals surface area contributed by atoms with E-state index in [1.165, 1.54) is 7.11 Å². The molecule has 0 radical (unpaired) electrons. The van der Waals surface area contributed by atoms with Gasteiger partial charge >= 0.3 is 11.7 Å². The number of anilines is 2. The number of nitrogens with one attached hydrogen (secondary N) is 1. The van der Waals surface area contributed by atoms with Gasteiger partial charge < -0.3 is 15.8 Å². The smallest absolute Gasteiger partial charge is 0.357 e. The normalized spacial score (nSPS) is 10.1. The highest BCUT2D eigenvalue weighted by Crippen LogP contribution is 2.22. The second kappa shape index (κ2) is 5.39. The first-order chi connectivity index (χ1) is 9.52. The molecular weight excluding hydrogens is 267 g/mol. The maximum Gasteiger partial charge on any atom is 0.357 e. The monoisotopic (exact) mass is 278 g/mol. The lowest BCUT2D eigenvalue weighted by atomic mass is 10.3. The number of aromatic nitrogens is 2. The zero-order chi connectivity index (χ0) is 14.7. The quantitative estimate of drug-likeness (QED) is 0.855. The first-order valence-electron chi connectivity index (χ1n) is 5.52. The number of ether oxygens (including phenoxy) is 1. The number of methoxy groups -OCH3 is 1. The number of rotatable bonds is 2. The minimum Gasteiger partial charge on any atom is -0.495 e. The molecule has 0 saturated carbocycles. The first kappa shape index (κ1) is 13.5. The van der Waals surface area contributed by atoms with Crippen molar-refractivity contribution >= 4 is 17.5 Å². The molecule has 1 amide bonds. The van der Waals surface area contributed by atoms with E-state index in [0.717, 1.165) is 0 Å². The molecule has 0 bridgehead atoms. The van der Waals surface area contributed by atoms with E-state index >= 15 is 0 Å². The highest BCUT2D eigenvalue weighted by molar-refractivity contribution is 5.92. The zero-order valence-corrected chi connectivity index (χ0v) is 10.5. The van der Waals surface area contributed by atoms with E-state index in [4.69, 9.17) is 10.5 Å². The molecule has 3 N–H and O–H groups in total. The average Bonchev–Trinajstić information content (AvgIpc) is 2.43. The summed E-state index contributed by atoms with van der Waals surface area (Å²) in [5.74, 6) is -1.12. The number of nitrogens with zero attached hydrogens (tertiary/aromatic N) is 2. The SMILES string of the molecule is COc1ccccc1NC(=O)n1cc(F)c(N)nc1=O. The summed E-state index contributed by atoms with van der Waals surface area (Å²) in [6.45, 7) is 0. The molecule has 7 nitrogen and oxygen atoms in total. The van der Waals surface area contributed by atoms with E-state index in [9.17, 15) is 14.0 Å². The van der Waals surface area contributed by atoms with E-state index in [0.29, 0.717) is 22.2 Å². The number of carbonyl (C=O) groups is 1. The van der Waals surface area contributed by atoms with E-state index in [1.54, 1.807) is 24.3 Å². The van der Waals surface area contributed by atoms with Gasteiger partial charge in [-0.15, -0.1) is 0 Å². The van der Waals surface area contributed by atoms with Gasteiger partial charge in [0.15, 0.2) is 11.6 Å². The van der Waals surface area contributed by atoms with Gasteiger partial charge in [-0.05, 0) is 12.1 Å². The Hall–Kier alpha value is -2.90. The number of nitrogen functional groups attached to an aromatic ring is 1. The van der Waals surface area contributed by atoms with Crippen LogP contribution in [0.25, 0.3) is 0 Å². The highest BCUT2D eigenvalue weighted by Gasteiger charge is 2.13. The second-order valence-electron chi connectivity index (χ2n) is 3.76. The van der Waals surface area contributed by atoms with E-state index < -0.39 is 23.4 Å². The standard InChI is InChI=1S/C12H11FN4O3/c1-20-9-5-3-2-4-8(9)15-11(18)17-6-7(13)10(14)16-12(17)19/h2-6H,1H3,(H,15,18)(H2,14,16,19). The number of hydrogen-bond donors (Lipinski definition) is 2. The van der Waals surface area contributed by atoms with Crippen LogP contribution in [0.1, 0.15) is 0 Å². The van der Waals surface area contributed by atoms with Crippen LogP contribution in [-0.4, -0.2) is 22.7 Å². The Morgan fingerprint density at radius 2 is 2.15 bits per heavy atom. The Bertz CT molecular complexity index is 714. The number of carbonyl (C=O) groups excluding carboxylic acids is 1. The van der Waals surface area contributed by atoms with Crippen LogP contribution >= 0.6 is 0 Å². The predicted molar refractivity (Wildman–Crippen MR) is 70.3 cm³/mol. The van der Waals surface area contributed by atoms with Crippen LogP contribution in [-0.2, 0) is 0 Å². The van der Waals surface area contributed by atoms with Gasteiger partial charge in [-0.3, -0.25) is 0 Å². The fraction of sp³-hybridized carbons (Fsp3) is 0.0833. The van der Waals surface area contributed by atoms with Crippen molar-refractivity contribution in [1.82, 2.24) is 9.55 Å². The first-order valence-corrected chi connectivity index (χ1v) is 5.52. The maximum atomic E-state index is 13.3. The fourth-order valence-electron chi connectivity index (χ4n) is 1.51. The molecule has 0 aliphatic heterocycles. The molecule has 2 aromatic rings. The van der Waals surface area contributed by atoms with Crippen LogP contribution in [0.2, 0.25) is 0 Å². The lowest BCUT2D eigenvalue weighted by Gasteiger charge is -2.10. The van der Waals surface area contributed by atoms with E-state index in [-0.39, 0.29) is 0 Å². The molecule has 0 fully saturated rings. The molecule has 0 aliphatic rings. The molecule has 0 unspecified atom stereocenters. The molecule has 0 atom stereocenters. The number of nitrogens with two attached hydrogens (primary N) is 1. The van der Waals surface area contributed by atoms with Gasteiger partial charge in [0.05, 0.1) is 19.0 Å². The molecule has 1 heterocycles. The van der Waals surface area contributed by atoms with Gasteiger partial charge in [-0.2, -0.15) is 4.98 Å². The van der Waals surface area contributed by atoms with Crippen LogP contribution in [0, 0.1) is 5.82 Å². The third kappa shape index (κ3) is 2.58. The van der Waals surface area contributed by atoms with Gasteiger partial charge in [0.2, 0.25) is 0 Å². The van der Waals surface area contributed by atoms with Crippen LogP contribution in [0.3, 0.4) is 0 Å². The summed E-state index contributed by atoms with van der Waals surface area (Å²) in [5.41, 5.74) is 4.50. The fourth-order valence-corrected chi connectivity index (χ4v) is 1.51. The molecule has 0 spiro atoms. The minimum absolute atomic E-state index is 0.337. The molecule has 0 saturated heterocycles. The Kier molecular flexibility index (Phi) is 3.65. The van der Waals surface area contributed by atoms with Crippen LogP contribution < -0.4 is 21.5 Å². The molecule has 1 aromatic carbocycles. The summed E-state index contributed by atoms with van der Waals surface area (Å²) in [6, 6.07) is 5.71. The largest absolute Gasteiger partial charge is 0.495 e. The second-order valence-corrected chi connectivity index (χ2v) is 3.76. The molecule has 0 aliphatic carbocycles. The van der Waals surface area contributed by atoms with Gasteiger partial charge in [-0.1, -0.05) is 12.1 Å². The molecular formula is C12H11FN4O3. The van der Waals surface area contributed by atoms with Crippen molar-refractivity contribution in [2.75, 3.05) is 18.2 Å². The lowest BCUT2D eigenvalue weighted by molar-refractivity contribution is 0.252. The number of benzene rings is 1. The minimum atomic E-state index is -0.976. The van der Waals surface area contributed by atoms with Gasteiger partial charge in [0.25, 0.3) is 0 Å². The van der Waals surface area contributed by atoms with Crippen LogP contribution in [0.15, 0.2) is 35.3 Å². The van der Waals surface area contributed by atoms with Crippen LogP contribution in [0.4, 0.5) is 20.7 Å². The number of halogens is 1. The van der Waals surface area contributed by atoms with Crippen molar-refractivity contribution in [3.05, 3.63) is 46.8 Å². The lowest BCUT2D eigenvalue weighted by Crippen LogP contribution is -2.33. The third-order valence-corrected chi connectivity index (χ3v) is 2.48. The number of hydrogen-bond acceptors (Lipinski definition) is 5. The highest BCUT2D eigenvalue weighted by atomic mass is 19.1. The van der Waals surface area contributed by atoms with Crippen molar-refractivity contribution in [3.8, 4) is 5.75 Å². The Morgan fingerprint density at radius 1 is 1.45 bits per heavy atom.